The first-order valence-corrected chi connectivity index (χ1v) is 11.4. The molecule has 2 aliphatic rings. The van der Waals surface area contributed by atoms with Gasteiger partial charge in [-0.3, -0.25) is 4.79 Å². The molecule has 28 heavy (non-hydrogen) atoms. The molecule has 1 aliphatic carbocycles. The van der Waals surface area contributed by atoms with E-state index in [1.807, 2.05) is 12.1 Å². The summed E-state index contributed by atoms with van der Waals surface area (Å²) >= 11 is 5.94. The van der Waals surface area contributed by atoms with E-state index in [0.717, 1.165) is 12.8 Å². The van der Waals surface area contributed by atoms with E-state index >= 15 is 0 Å². The zero-order valence-electron chi connectivity index (χ0n) is 15.6. The molecular formula is C21H23ClN2O3S. The normalized spacial score (nSPS) is 18.0. The number of piperazine rings is 1. The number of rotatable bonds is 3. The minimum absolute atomic E-state index is 0.0202. The smallest absolute Gasteiger partial charge is 0.253 e. The minimum atomic E-state index is -3.60. The summed E-state index contributed by atoms with van der Waals surface area (Å²) in [7, 11) is -3.60. The Bertz CT molecular complexity index is 998. The van der Waals surface area contributed by atoms with Gasteiger partial charge >= 0.3 is 0 Å². The van der Waals surface area contributed by atoms with Crippen molar-refractivity contribution in [3.8, 4) is 0 Å². The monoisotopic (exact) mass is 418 g/mol. The van der Waals surface area contributed by atoms with Gasteiger partial charge < -0.3 is 4.90 Å². The van der Waals surface area contributed by atoms with E-state index in [2.05, 4.69) is 6.07 Å². The maximum atomic E-state index is 12.9. The van der Waals surface area contributed by atoms with E-state index in [-0.39, 0.29) is 23.9 Å². The molecule has 2 aromatic carbocycles. The van der Waals surface area contributed by atoms with Crippen LogP contribution in [0.4, 0.5) is 0 Å². The molecule has 0 bridgehead atoms. The summed E-state index contributed by atoms with van der Waals surface area (Å²) < 4.78 is 27.0. The number of halogens is 1. The number of aryl methyl sites for hydroxylation is 2. The van der Waals surface area contributed by atoms with Crippen molar-refractivity contribution in [1.82, 2.24) is 9.21 Å². The van der Waals surface area contributed by atoms with Crippen LogP contribution in [0.3, 0.4) is 0 Å². The molecule has 148 valence electrons. The summed E-state index contributed by atoms with van der Waals surface area (Å²) in [5.74, 6) is -0.0202. The van der Waals surface area contributed by atoms with Gasteiger partial charge in [0.2, 0.25) is 10.0 Å². The van der Waals surface area contributed by atoms with Crippen molar-refractivity contribution in [3.05, 3.63) is 64.2 Å². The van der Waals surface area contributed by atoms with Crippen LogP contribution >= 0.6 is 11.6 Å². The lowest BCUT2D eigenvalue weighted by Gasteiger charge is -2.34. The van der Waals surface area contributed by atoms with E-state index in [1.165, 1.54) is 34.3 Å². The fraction of sp³-hybridized carbons (Fsp3) is 0.381. The number of benzene rings is 2. The lowest BCUT2D eigenvalue weighted by molar-refractivity contribution is 0.0697. The molecule has 1 fully saturated rings. The number of nitrogens with zero attached hydrogens (tertiary/aromatic N) is 2. The molecule has 1 amide bonds. The van der Waals surface area contributed by atoms with Crippen molar-refractivity contribution >= 4 is 27.5 Å². The van der Waals surface area contributed by atoms with Gasteiger partial charge in [-0.2, -0.15) is 4.31 Å². The molecule has 0 atom stereocenters. The zero-order chi connectivity index (χ0) is 19.7. The SMILES string of the molecule is O=C(c1ccc2c(c1)CCCC2)N1CCN(S(=O)(=O)c2cccc(Cl)c2)CC1. The van der Waals surface area contributed by atoms with E-state index < -0.39 is 10.0 Å². The molecular weight excluding hydrogens is 396 g/mol. The molecule has 1 heterocycles. The van der Waals surface area contributed by atoms with Crippen molar-refractivity contribution in [2.75, 3.05) is 26.2 Å². The largest absolute Gasteiger partial charge is 0.336 e. The van der Waals surface area contributed by atoms with Gasteiger partial charge in [-0.1, -0.05) is 23.7 Å². The lowest BCUT2D eigenvalue weighted by atomic mass is 9.90. The first kappa shape index (κ1) is 19.4. The summed E-state index contributed by atoms with van der Waals surface area (Å²) in [4.78, 5) is 14.8. The van der Waals surface area contributed by atoms with Gasteiger partial charge in [0.25, 0.3) is 5.91 Å². The van der Waals surface area contributed by atoms with Crippen LogP contribution in [0.25, 0.3) is 0 Å². The van der Waals surface area contributed by atoms with Crippen LogP contribution in [0, 0.1) is 0 Å². The number of carbonyl (C=O) groups excluding carboxylic acids is 1. The predicted octanol–water partition coefficient (Wildman–Crippen LogP) is 3.37. The second-order valence-electron chi connectivity index (χ2n) is 7.34. The van der Waals surface area contributed by atoms with Gasteiger partial charge in [0.1, 0.15) is 0 Å². The fourth-order valence-corrected chi connectivity index (χ4v) is 5.68. The van der Waals surface area contributed by atoms with Crippen molar-refractivity contribution in [2.24, 2.45) is 0 Å². The van der Waals surface area contributed by atoms with E-state index in [4.69, 9.17) is 11.6 Å². The topological polar surface area (TPSA) is 57.7 Å². The molecule has 4 rings (SSSR count). The maximum absolute atomic E-state index is 12.9. The number of amides is 1. The van der Waals surface area contributed by atoms with Gasteiger partial charge in [0.05, 0.1) is 4.90 Å². The quantitative estimate of drug-likeness (QED) is 0.767. The van der Waals surface area contributed by atoms with Gasteiger partial charge in [-0.15, -0.1) is 0 Å². The molecule has 0 radical (unpaired) electrons. The maximum Gasteiger partial charge on any atom is 0.253 e. The molecule has 7 heteroatoms. The van der Waals surface area contributed by atoms with E-state index in [9.17, 15) is 13.2 Å². The van der Waals surface area contributed by atoms with E-state index in [0.29, 0.717) is 23.7 Å². The van der Waals surface area contributed by atoms with Crippen LogP contribution in [0.1, 0.15) is 34.3 Å². The first-order valence-electron chi connectivity index (χ1n) is 9.62. The first-order chi connectivity index (χ1) is 13.4. The Balaban J connectivity index is 1.44. The summed E-state index contributed by atoms with van der Waals surface area (Å²) in [6.45, 7) is 1.34. The van der Waals surface area contributed by atoms with Crippen molar-refractivity contribution in [3.63, 3.8) is 0 Å². The van der Waals surface area contributed by atoms with Crippen LogP contribution in [-0.2, 0) is 22.9 Å². The molecule has 1 saturated heterocycles. The summed E-state index contributed by atoms with van der Waals surface area (Å²) in [5.41, 5.74) is 3.33. The summed E-state index contributed by atoms with van der Waals surface area (Å²) in [6.07, 6.45) is 4.50. The van der Waals surface area contributed by atoms with E-state index in [1.54, 1.807) is 23.1 Å². The Morgan fingerprint density at radius 2 is 1.61 bits per heavy atom. The number of hydrogen-bond acceptors (Lipinski definition) is 3. The summed E-state index contributed by atoms with van der Waals surface area (Å²) in [5, 5.41) is 0.391. The average molecular weight is 419 g/mol. The Kier molecular flexibility index (Phi) is 5.45. The standard InChI is InChI=1S/C21H23ClN2O3S/c22-19-6-3-7-20(15-19)28(26,27)24-12-10-23(11-13-24)21(25)18-9-8-16-4-1-2-5-17(16)14-18/h3,6-9,14-15H,1-2,4-5,10-13H2. The molecule has 2 aromatic rings. The number of sulfonamides is 1. The highest BCUT2D eigenvalue weighted by Gasteiger charge is 2.30. The van der Waals surface area contributed by atoms with Gasteiger partial charge in [0.15, 0.2) is 0 Å². The molecule has 0 aromatic heterocycles. The second-order valence-corrected chi connectivity index (χ2v) is 9.72. The highest BCUT2D eigenvalue weighted by molar-refractivity contribution is 7.89. The zero-order valence-corrected chi connectivity index (χ0v) is 17.2. The van der Waals surface area contributed by atoms with Gasteiger partial charge in [0, 0.05) is 36.8 Å². The minimum Gasteiger partial charge on any atom is -0.336 e. The average Bonchev–Trinajstić information content (AvgIpc) is 2.73. The number of hydrogen-bond donors (Lipinski definition) is 0. The van der Waals surface area contributed by atoms with Crippen molar-refractivity contribution in [2.45, 2.75) is 30.6 Å². The lowest BCUT2D eigenvalue weighted by Crippen LogP contribution is -2.50. The molecule has 1 aliphatic heterocycles. The van der Waals surface area contributed by atoms with Crippen molar-refractivity contribution < 1.29 is 13.2 Å². The predicted molar refractivity (Wildman–Crippen MR) is 109 cm³/mol. The van der Waals surface area contributed by atoms with Gasteiger partial charge in [-0.25, -0.2) is 8.42 Å². The Labute approximate surface area is 171 Å². The Morgan fingerprint density at radius 1 is 0.893 bits per heavy atom. The number of fused-ring (bicyclic) bond motifs is 1. The third-order valence-corrected chi connectivity index (χ3v) is 7.68. The van der Waals surface area contributed by atoms with Crippen molar-refractivity contribution in [1.29, 1.82) is 0 Å². The van der Waals surface area contributed by atoms with Crippen LogP contribution in [0.2, 0.25) is 5.02 Å². The fourth-order valence-electron chi connectivity index (χ4n) is 3.96. The third-order valence-electron chi connectivity index (χ3n) is 5.56. The van der Waals surface area contributed by atoms with Crippen LogP contribution in [0.5, 0.6) is 0 Å². The molecule has 0 unspecified atom stereocenters. The molecule has 0 N–H and O–H groups in total. The van der Waals surface area contributed by atoms with Crippen LogP contribution in [0.15, 0.2) is 47.4 Å². The van der Waals surface area contributed by atoms with Crippen LogP contribution < -0.4 is 0 Å². The van der Waals surface area contributed by atoms with Gasteiger partial charge in [-0.05, 0) is 67.1 Å². The second kappa shape index (κ2) is 7.85. The highest BCUT2D eigenvalue weighted by Crippen LogP contribution is 2.24. The third kappa shape index (κ3) is 3.81. The molecule has 0 spiro atoms. The highest BCUT2D eigenvalue weighted by atomic mass is 35.5. The molecule has 5 nitrogen and oxygen atoms in total. The van der Waals surface area contributed by atoms with Crippen LogP contribution in [-0.4, -0.2) is 49.7 Å². The Hall–Kier alpha value is -1.89. The molecule has 0 saturated carbocycles. The summed E-state index contributed by atoms with van der Waals surface area (Å²) in [6, 6.07) is 12.3. The number of carbonyl (C=O) groups is 1. The Morgan fingerprint density at radius 3 is 2.32 bits per heavy atom.